The van der Waals surface area contributed by atoms with Gasteiger partial charge in [0.1, 0.15) is 12.4 Å². The van der Waals surface area contributed by atoms with E-state index in [1.807, 2.05) is 0 Å². The predicted molar refractivity (Wildman–Crippen MR) is 99.7 cm³/mol. The molecular formula is C17H16ClFN4O4. The summed E-state index contributed by atoms with van der Waals surface area (Å²) in [6.45, 7) is 5.98. The largest absolute Gasteiger partial charge is 0.337 e. The lowest BCUT2D eigenvalue weighted by Gasteiger charge is -2.12. The van der Waals surface area contributed by atoms with Gasteiger partial charge in [-0.1, -0.05) is 23.8 Å². The van der Waals surface area contributed by atoms with E-state index in [9.17, 15) is 23.6 Å². The summed E-state index contributed by atoms with van der Waals surface area (Å²) in [7, 11) is 0. The number of halogens is 2. The summed E-state index contributed by atoms with van der Waals surface area (Å²) in [5.74, 6) is -1.34. The molecule has 0 radical (unpaired) electrons. The Morgan fingerprint density at radius 3 is 2.04 bits per heavy atom. The highest BCUT2D eigenvalue weighted by Crippen LogP contribution is 2.22. The maximum atomic E-state index is 13.1. The quantitative estimate of drug-likeness (QED) is 0.708. The Morgan fingerprint density at radius 2 is 1.56 bits per heavy atom. The summed E-state index contributed by atoms with van der Waals surface area (Å²) in [6, 6.07) is 3.34. The second-order valence-electron chi connectivity index (χ2n) is 5.40. The lowest BCUT2D eigenvalue weighted by Crippen LogP contribution is -2.55. The Kier molecular flexibility index (Phi) is 6.30. The molecule has 1 aromatic heterocycles. The van der Waals surface area contributed by atoms with E-state index in [1.165, 1.54) is 18.2 Å². The van der Waals surface area contributed by atoms with Gasteiger partial charge < -0.3 is 5.32 Å². The minimum Gasteiger partial charge on any atom is -0.323 e. The molecule has 1 aromatic carbocycles. The van der Waals surface area contributed by atoms with Crippen molar-refractivity contribution in [3.05, 3.63) is 85.8 Å². The van der Waals surface area contributed by atoms with E-state index in [0.717, 1.165) is 21.3 Å². The van der Waals surface area contributed by atoms with Crippen LogP contribution in [0.25, 0.3) is 0 Å². The number of benzene rings is 1. The van der Waals surface area contributed by atoms with Crippen molar-refractivity contribution in [2.45, 2.75) is 19.6 Å². The third kappa shape index (κ3) is 4.32. The molecule has 27 heavy (non-hydrogen) atoms. The monoisotopic (exact) mass is 394 g/mol. The molecule has 2 aromatic rings. The molecule has 0 aliphatic carbocycles. The average Bonchev–Trinajstić information content (AvgIpc) is 2.62. The van der Waals surface area contributed by atoms with Crippen molar-refractivity contribution < 1.29 is 9.18 Å². The van der Waals surface area contributed by atoms with Gasteiger partial charge in [0.15, 0.2) is 0 Å². The van der Waals surface area contributed by atoms with Crippen LogP contribution in [0.1, 0.15) is 0 Å². The van der Waals surface area contributed by atoms with Gasteiger partial charge in [-0.15, -0.1) is 13.2 Å². The van der Waals surface area contributed by atoms with E-state index in [2.05, 4.69) is 18.5 Å². The van der Waals surface area contributed by atoms with Crippen LogP contribution in [0.2, 0.25) is 5.02 Å². The van der Waals surface area contributed by atoms with Crippen LogP contribution in [0, 0.1) is 5.82 Å². The number of hydrogen-bond donors (Lipinski definition) is 1. The van der Waals surface area contributed by atoms with Crippen LogP contribution in [0.15, 0.2) is 57.9 Å². The summed E-state index contributed by atoms with van der Waals surface area (Å²) < 4.78 is 15.2. The molecule has 0 spiro atoms. The minimum absolute atomic E-state index is 0.0450. The van der Waals surface area contributed by atoms with Gasteiger partial charge >= 0.3 is 17.1 Å². The van der Waals surface area contributed by atoms with Crippen molar-refractivity contribution in [3.8, 4) is 0 Å². The molecule has 0 unspecified atom stereocenters. The first-order valence-electron chi connectivity index (χ1n) is 7.71. The molecule has 0 fully saturated rings. The van der Waals surface area contributed by atoms with Gasteiger partial charge in [0.05, 0.1) is 23.8 Å². The number of anilines is 1. The van der Waals surface area contributed by atoms with Crippen molar-refractivity contribution in [1.29, 1.82) is 0 Å². The molecule has 0 atom stereocenters. The number of carbonyl (C=O) groups is 1. The van der Waals surface area contributed by atoms with E-state index < -0.39 is 35.3 Å². The first-order valence-corrected chi connectivity index (χ1v) is 8.09. The van der Waals surface area contributed by atoms with Gasteiger partial charge in [-0.25, -0.2) is 32.5 Å². The predicted octanol–water partition coefficient (Wildman–Crippen LogP) is 0.975. The fraction of sp³-hybridized carbons (Fsp3) is 0.176. The second-order valence-corrected chi connectivity index (χ2v) is 5.81. The van der Waals surface area contributed by atoms with Crippen LogP contribution in [0.3, 0.4) is 0 Å². The van der Waals surface area contributed by atoms with Gasteiger partial charge in [-0.2, -0.15) is 0 Å². The molecule has 8 nitrogen and oxygen atoms in total. The highest BCUT2D eigenvalue weighted by atomic mass is 35.5. The maximum absolute atomic E-state index is 13.1. The van der Waals surface area contributed by atoms with Crippen molar-refractivity contribution in [2.75, 3.05) is 5.32 Å². The summed E-state index contributed by atoms with van der Waals surface area (Å²) in [6.07, 6.45) is 2.63. The number of hydrogen-bond acceptors (Lipinski definition) is 4. The number of rotatable bonds is 7. The highest BCUT2D eigenvalue weighted by Gasteiger charge is 2.17. The number of allylic oxidation sites excluding steroid dienone is 2. The van der Waals surface area contributed by atoms with Gasteiger partial charge in [-0.05, 0) is 18.2 Å². The standard InChI is InChI=1S/C17H16ClFN4O4/c1-3-7-21-15(25)22(8-4-2)17(27)23(16(21)26)10-14(24)20-13-6-5-11(19)9-12(13)18/h3-6,9H,1-2,7-8,10H2,(H,20,24). The Balaban J connectivity index is 2.45. The lowest BCUT2D eigenvalue weighted by atomic mass is 10.3. The second kappa shape index (κ2) is 8.45. The average molecular weight is 395 g/mol. The van der Waals surface area contributed by atoms with Gasteiger partial charge in [0.2, 0.25) is 5.91 Å². The van der Waals surface area contributed by atoms with E-state index >= 15 is 0 Å². The number of carbonyl (C=O) groups excluding carboxylic acids is 1. The van der Waals surface area contributed by atoms with E-state index in [-0.39, 0.29) is 23.8 Å². The lowest BCUT2D eigenvalue weighted by molar-refractivity contribution is -0.116. The van der Waals surface area contributed by atoms with Crippen molar-refractivity contribution in [1.82, 2.24) is 13.7 Å². The molecule has 0 saturated carbocycles. The molecule has 1 N–H and O–H groups in total. The van der Waals surface area contributed by atoms with Gasteiger partial charge in [-0.3, -0.25) is 4.79 Å². The molecule has 1 heterocycles. The normalized spacial score (nSPS) is 10.4. The third-order valence-electron chi connectivity index (χ3n) is 3.52. The zero-order valence-corrected chi connectivity index (χ0v) is 14.9. The summed E-state index contributed by atoms with van der Waals surface area (Å²) in [4.78, 5) is 49.4. The Bertz CT molecular complexity index is 1040. The summed E-state index contributed by atoms with van der Waals surface area (Å²) in [5.41, 5.74) is -2.62. The smallest absolute Gasteiger partial charge is 0.323 e. The van der Waals surface area contributed by atoms with Crippen molar-refractivity contribution in [3.63, 3.8) is 0 Å². The molecule has 1 amide bonds. The topological polar surface area (TPSA) is 95.1 Å². The van der Waals surface area contributed by atoms with Crippen LogP contribution >= 0.6 is 11.6 Å². The first-order chi connectivity index (χ1) is 12.8. The Morgan fingerprint density at radius 1 is 1.04 bits per heavy atom. The SMILES string of the molecule is C=CCn1c(=O)n(CC=C)c(=O)n(CC(=O)Nc2ccc(F)cc2Cl)c1=O. The number of aromatic nitrogens is 3. The first kappa shape index (κ1) is 20.1. The molecule has 142 valence electrons. The maximum Gasteiger partial charge on any atom is 0.337 e. The number of amides is 1. The molecule has 0 saturated heterocycles. The molecule has 0 aliphatic heterocycles. The van der Waals surface area contributed by atoms with Gasteiger partial charge in [0, 0.05) is 0 Å². The van der Waals surface area contributed by atoms with Crippen LogP contribution in [0.4, 0.5) is 10.1 Å². The van der Waals surface area contributed by atoms with Crippen LogP contribution in [-0.4, -0.2) is 19.6 Å². The molecule has 2 rings (SSSR count). The van der Waals surface area contributed by atoms with E-state index in [4.69, 9.17) is 11.6 Å². The molecular weight excluding hydrogens is 379 g/mol. The summed E-state index contributed by atoms with van der Waals surface area (Å²) >= 11 is 5.84. The van der Waals surface area contributed by atoms with Crippen molar-refractivity contribution in [2.24, 2.45) is 0 Å². The molecule has 0 bridgehead atoms. The van der Waals surface area contributed by atoms with E-state index in [0.29, 0.717) is 4.57 Å². The summed E-state index contributed by atoms with van der Waals surface area (Å²) in [5, 5.41) is 2.34. The number of nitrogens with one attached hydrogen (secondary N) is 1. The Labute approximate surface area is 157 Å². The van der Waals surface area contributed by atoms with E-state index in [1.54, 1.807) is 0 Å². The van der Waals surface area contributed by atoms with Crippen LogP contribution in [-0.2, 0) is 24.4 Å². The molecule has 10 heteroatoms. The number of nitrogens with zero attached hydrogens (tertiary/aromatic N) is 3. The zero-order valence-electron chi connectivity index (χ0n) is 14.2. The fourth-order valence-corrected chi connectivity index (χ4v) is 2.53. The fourth-order valence-electron chi connectivity index (χ4n) is 2.31. The van der Waals surface area contributed by atoms with Crippen LogP contribution < -0.4 is 22.4 Å². The van der Waals surface area contributed by atoms with Crippen LogP contribution in [0.5, 0.6) is 0 Å². The highest BCUT2D eigenvalue weighted by molar-refractivity contribution is 6.33. The third-order valence-corrected chi connectivity index (χ3v) is 3.83. The van der Waals surface area contributed by atoms with Crippen molar-refractivity contribution >= 4 is 23.2 Å². The molecule has 0 aliphatic rings. The Hall–Kier alpha value is -3.20. The van der Waals surface area contributed by atoms with Gasteiger partial charge in [0.25, 0.3) is 0 Å². The minimum atomic E-state index is -0.953. The zero-order chi connectivity index (χ0) is 20.1.